The second-order valence-electron chi connectivity index (χ2n) is 8.66. The highest BCUT2D eigenvalue weighted by Crippen LogP contribution is 2.29. The zero-order chi connectivity index (χ0) is 22.1. The number of fused-ring (bicyclic) bond motifs is 1. The number of nitrogens with zero attached hydrogens (tertiary/aromatic N) is 4. The Balaban J connectivity index is 1.46. The van der Waals surface area contributed by atoms with Gasteiger partial charge in [-0.3, -0.25) is 9.78 Å². The topological polar surface area (TPSA) is 122 Å². The maximum Gasteiger partial charge on any atom is 0.276 e. The number of carbonyl (C=O) groups is 1. The lowest BCUT2D eigenvalue weighted by Crippen LogP contribution is -2.33. The number of nitrogens with one attached hydrogen (secondary N) is 3. The van der Waals surface area contributed by atoms with E-state index < -0.39 is 11.7 Å². The first-order valence-electron chi connectivity index (χ1n) is 11.1. The number of anilines is 3. The summed E-state index contributed by atoms with van der Waals surface area (Å²) in [4.78, 5) is 21.1. The van der Waals surface area contributed by atoms with Crippen LogP contribution >= 0.6 is 0 Å². The molecule has 168 valence electrons. The summed E-state index contributed by atoms with van der Waals surface area (Å²) < 4.78 is 15.5. The van der Waals surface area contributed by atoms with Crippen molar-refractivity contribution in [3.05, 3.63) is 42.2 Å². The Morgan fingerprint density at radius 3 is 2.56 bits per heavy atom. The quantitative estimate of drug-likeness (QED) is 0.466. The zero-order valence-electron chi connectivity index (χ0n) is 17.7. The molecule has 0 spiro atoms. The number of carbonyl (C=O) groups excluding carboxylic acids is 1. The predicted octanol–water partition coefficient (Wildman–Crippen LogP) is 3.16. The molecule has 3 aromatic rings. The van der Waals surface area contributed by atoms with E-state index in [9.17, 15) is 9.18 Å². The maximum atomic E-state index is 14.0. The van der Waals surface area contributed by atoms with Crippen LogP contribution in [0.2, 0.25) is 0 Å². The molecule has 0 saturated heterocycles. The van der Waals surface area contributed by atoms with Crippen LogP contribution in [0.4, 0.5) is 21.6 Å². The number of halogens is 1. The van der Waals surface area contributed by atoms with Gasteiger partial charge in [0.15, 0.2) is 17.2 Å². The molecule has 2 aliphatic rings. The standard InChI is InChI=1S/C22H27FN8O/c23-16-11-25-9-8-17(16)29-22(32)19-12-26-21-18(27-14-2-1-3-14)10-20(30-31(19)21)28-15-6-4-13(24)5-7-15/h8-15,27H,1-7,24H2,(H,28,30)(H,25,29,32)/t13-,15-. The number of nitrogens with two attached hydrogens (primary N) is 1. The van der Waals surface area contributed by atoms with E-state index in [1.165, 1.54) is 29.4 Å². The van der Waals surface area contributed by atoms with Gasteiger partial charge in [-0.2, -0.15) is 0 Å². The van der Waals surface area contributed by atoms with E-state index in [0.717, 1.165) is 50.4 Å². The lowest BCUT2D eigenvalue weighted by Gasteiger charge is -2.29. The Kier molecular flexibility index (Phi) is 5.60. The van der Waals surface area contributed by atoms with Gasteiger partial charge in [0.05, 0.1) is 23.8 Å². The first-order valence-corrected chi connectivity index (χ1v) is 11.1. The van der Waals surface area contributed by atoms with Gasteiger partial charge in [-0.05, 0) is 51.0 Å². The smallest absolute Gasteiger partial charge is 0.276 e. The molecule has 0 aliphatic heterocycles. The van der Waals surface area contributed by atoms with Crippen molar-refractivity contribution in [3.63, 3.8) is 0 Å². The number of amides is 1. The highest BCUT2D eigenvalue weighted by molar-refractivity contribution is 6.03. The Labute approximate surface area is 185 Å². The number of hydrogen-bond acceptors (Lipinski definition) is 7. The van der Waals surface area contributed by atoms with Crippen LogP contribution in [0.15, 0.2) is 30.7 Å². The van der Waals surface area contributed by atoms with Crippen molar-refractivity contribution in [2.75, 3.05) is 16.0 Å². The van der Waals surface area contributed by atoms with Gasteiger partial charge >= 0.3 is 0 Å². The molecule has 2 saturated carbocycles. The summed E-state index contributed by atoms with van der Waals surface area (Å²) in [6.45, 7) is 0. The van der Waals surface area contributed by atoms with Crippen LogP contribution in [-0.2, 0) is 0 Å². The van der Waals surface area contributed by atoms with Crippen LogP contribution < -0.4 is 21.7 Å². The summed E-state index contributed by atoms with van der Waals surface area (Å²) in [5.74, 6) is -0.430. The maximum absolute atomic E-state index is 14.0. The Morgan fingerprint density at radius 2 is 1.84 bits per heavy atom. The van der Waals surface area contributed by atoms with Crippen molar-refractivity contribution in [1.29, 1.82) is 0 Å². The molecule has 0 atom stereocenters. The highest BCUT2D eigenvalue weighted by atomic mass is 19.1. The SMILES string of the molecule is N[C@H]1CC[C@H](Nc2cc(NC3CCC3)c3ncc(C(=O)Nc4ccncc4F)n3n2)CC1. The van der Waals surface area contributed by atoms with Crippen LogP contribution in [0.3, 0.4) is 0 Å². The van der Waals surface area contributed by atoms with Crippen molar-refractivity contribution in [2.24, 2.45) is 5.73 Å². The summed E-state index contributed by atoms with van der Waals surface area (Å²) in [7, 11) is 0. The molecule has 32 heavy (non-hydrogen) atoms. The molecule has 5 rings (SSSR count). The minimum absolute atomic E-state index is 0.0561. The van der Waals surface area contributed by atoms with Crippen molar-refractivity contribution in [2.45, 2.75) is 63.1 Å². The van der Waals surface area contributed by atoms with E-state index in [4.69, 9.17) is 5.73 Å². The molecule has 0 unspecified atom stereocenters. The largest absolute Gasteiger partial charge is 0.379 e. The van der Waals surface area contributed by atoms with Gasteiger partial charge in [0.1, 0.15) is 5.82 Å². The number of rotatable bonds is 6. The summed E-state index contributed by atoms with van der Waals surface area (Å²) in [5, 5.41) is 14.3. The highest BCUT2D eigenvalue weighted by Gasteiger charge is 2.24. The van der Waals surface area contributed by atoms with E-state index >= 15 is 0 Å². The molecular formula is C22H27FN8O. The lowest BCUT2D eigenvalue weighted by atomic mass is 9.92. The van der Waals surface area contributed by atoms with Crippen LogP contribution in [0.25, 0.3) is 5.65 Å². The number of hydrogen-bond donors (Lipinski definition) is 4. The molecule has 3 heterocycles. The Hall–Kier alpha value is -3.27. The van der Waals surface area contributed by atoms with Gasteiger partial charge in [-0.15, -0.1) is 5.10 Å². The van der Waals surface area contributed by atoms with Gasteiger partial charge in [0.2, 0.25) is 0 Å². The minimum atomic E-state index is -0.604. The van der Waals surface area contributed by atoms with E-state index in [2.05, 4.69) is 31.0 Å². The summed E-state index contributed by atoms with van der Waals surface area (Å²) in [6.07, 6.45) is 11.3. The van der Waals surface area contributed by atoms with E-state index in [1.54, 1.807) is 0 Å². The van der Waals surface area contributed by atoms with Crippen molar-refractivity contribution >= 4 is 28.7 Å². The third kappa shape index (κ3) is 4.22. The monoisotopic (exact) mass is 438 g/mol. The van der Waals surface area contributed by atoms with Crippen LogP contribution in [0.5, 0.6) is 0 Å². The van der Waals surface area contributed by atoms with Gasteiger partial charge in [-0.1, -0.05) is 0 Å². The summed E-state index contributed by atoms with van der Waals surface area (Å²) >= 11 is 0. The van der Waals surface area contributed by atoms with Crippen molar-refractivity contribution in [3.8, 4) is 0 Å². The minimum Gasteiger partial charge on any atom is -0.379 e. The number of pyridine rings is 1. The van der Waals surface area contributed by atoms with Crippen LogP contribution in [-0.4, -0.2) is 43.6 Å². The third-order valence-corrected chi connectivity index (χ3v) is 6.31. The average Bonchev–Trinajstić information content (AvgIpc) is 3.18. The second kappa shape index (κ2) is 8.70. The first-order chi connectivity index (χ1) is 15.6. The molecule has 5 N–H and O–H groups in total. The molecule has 1 amide bonds. The molecule has 2 fully saturated rings. The van der Waals surface area contributed by atoms with Gasteiger partial charge in [0, 0.05) is 30.4 Å². The number of aromatic nitrogens is 4. The molecule has 0 aromatic carbocycles. The van der Waals surface area contributed by atoms with Gasteiger partial charge in [-0.25, -0.2) is 13.9 Å². The average molecular weight is 439 g/mol. The fraction of sp³-hybridized carbons (Fsp3) is 0.455. The second-order valence-corrected chi connectivity index (χ2v) is 8.66. The lowest BCUT2D eigenvalue weighted by molar-refractivity contribution is 0.102. The summed E-state index contributed by atoms with van der Waals surface area (Å²) in [6, 6.07) is 4.30. The molecule has 2 aliphatic carbocycles. The normalized spacial score (nSPS) is 21.2. The van der Waals surface area contributed by atoms with Crippen molar-refractivity contribution in [1.82, 2.24) is 19.6 Å². The third-order valence-electron chi connectivity index (χ3n) is 6.31. The van der Waals surface area contributed by atoms with Crippen LogP contribution in [0.1, 0.15) is 55.4 Å². The molecule has 9 nitrogen and oxygen atoms in total. The molecule has 0 radical (unpaired) electrons. The number of imidazole rings is 1. The van der Waals surface area contributed by atoms with Crippen LogP contribution in [0, 0.1) is 5.82 Å². The fourth-order valence-electron chi connectivity index (χ4n) is 4.21. The molecule has 0 bridgehead atoms. The molecular weight excluding hydrogens is 411 g/mol. The van der Waals surface area contributed by atoms with Crippen molar-refractivity contribution < 1.29 is 9.18 Å². The molecule has 3 aromatic heterocycles. The van der Waals surface area contributed by atoms with Gasteiger partial charge in [0.25, 0.3) is 5.91 Å². The van der Waals surface area contributed by atoms with Gasteiger partial charge < -0.3 is 21.7 Å². The van der Waals surface area contributed by atoms with E-state index in [1.807, 2.05) is 6.07 Å². The zero-order valence-corrected chi connectivity index (χ0v) is 17.7. The Bertz CT molecular complexity index is 1120. The first kappa shape index (κ1) is 20.6. The summed E-state index contributed by atoms with van der Waals surface area (Å²) in [5.41, 5.74) is 7.71. The molecule has 10 heteroatoms. The Morgan fingerprint density at radius 1 is 1.06 bits per heavy atom. The fourth-order valence-corrected chi connectivity index (χ4v) is 4.21. The van der Waals surface area contributed by atoms with E-state index in [0.29, 0.717) is 17.5 Å². The predicted molar refractivity (Wildman–Crippen MR) is 120 cm³/mol. The van der Waals surface area contributed by atoms with E-state index in [-0.39, 0.29) is 23.5 Å².